The normalized spacial score (nSPS) is 11.2. The maximum atomic E-state index is 12.8. The topological polar surface area (TPSA) is 152 Å². The number of aldehydes is 1. The van der Waals surface area contributed by atoms with Gasteiger partial charge in [0, 0.05) is 42.4 Å². The van der Waals surface area contributed by atoms with Crippen molar-refractivity contribution in [1.29, 1.82) is 5.41 Å². The quantitative estimate of drug-likeness (QED) is 0.156. The summed E-state index contributed by atoms with van der Waals surface area (Å²) >= 11 is 0. The highest BCUT2D eigenvalue weighted by Gasteiger charge is 2.31. The zero-order chi connectivity index (χ0) is 30.6. The number of anilines is 3. The first-order chi connectivity index (χ1) is 19.9. The summed E-state index contributed by atoms with van der Waals surface area (Å²) in [6.45, 7) is 5.73. The van der Waals surface area contributed by atoms with Gasteiger partial charge in [0.1, 0.15) is 29.3 Å². The van der Waals surface area contributed by atoms with Crippen LogP contribution in [0.5, 0.6) is 0 Å². The minimum absolute atomic E-state index is 0.135. The van der Waals surface area contributed by atoms with Gasteiger partial charge in [-0.1, -0.05) is 0 Å². The Balaban J connectivity index is 0.000000201. The number of alkyl halides is 3. The number of nitrogens with one attached hydrogen (secondary N) is 3. The molecule has 0 unspecified atom stereocenters. The number of carbonyl (C=O) groups is 1. The molecule has 14 heteroatoms. The number of imidazole rings is 2. The predicted octanol–water partition coefficient (Wildman–Crippen LogP) is 5.00. The number of hydrogen-bond acceptors (Lipinski definition) is 9. The van der Waals surface area contributed by atoms with E-state index >= 15 is 0 Å². The van der Waals surface area contributed by atoms with Gasteiger partial charge in [-0.3, -0.25) is 14.6 Å². The molecule has 0 fully saturated rings. The van der Waals surface area contributed by atoms with Crippen LogP contribution in [0.15, 0.2) is 61.6 Å². The van der Waals surface area contributed by atoms with E-state index in [-0.39, 0.29) is 17.6 Å². The van der Waals surface area contributed by atoms with Gasteiger partial charge in [-0.25, -0.2) is 19.9 Å². The first kappa shape index (κ1) is 29.7. The molecular weight excluding hydrogens is 549 g/mol. The summed E-state index contributed by atoms with van der Waals surface area (Å²) in [4.78, 5) is 27.3. The lowest BCUT2D eigenvalue weighted by Crippen LogP contribution is -2.18. The number of benzene rings is 1. The van der Waals surface area contributed by atoms with Crippen molar-refractivity contribution >= 4 is 35.0 Å². The number of pyridine rings is 1. The van der Waals surface area contributed by atoms with Crippen molar-refractivity contribution in [3.05, 3.63) is 89.7 Å². The van der Waals surface area contributed by atoms with Crippen molar-refractivity contribution in [2.75, 3.05) is 23.4 Å². The Kier molecular flexibility index (Phi) is 8.54. The number of rotatable bonds is 7. The van der Waals surface area contributed by atoms with Crippen LogP contribution in [0, 0.1) is 12.3 Å². The molecule has 0 atom stereocenters. The number of nitrogen functional groups attached to an aromatic ring is 1. The average Bonchev–Trinajstić information content (AvgIpc) is 3.57. The van der Waals surface area contributed by atoms with Gasteiger partial charge in [0.05, 0.1) is 35.1 Å². The number of hydrogen-bond donors (Lipinski definition) is 4. The molecule has 1 aromatic carbocycles. The Morgan fingerprint density at radius 1 is 1.12 bits per heavy atom. The van der Waals surface area contributed by atoms with Crippen molar-refractivity contribution in [2.45, 2.75) is 33.0 Å². The van der Waals surface area contributed by atoms with Gasteiger partial charge in [0.25, 0.3) is 0 Å². The lowest BCUT2D eigenvalue weighted by Gasteiger charge is -2.15. The lowest BCUT2D eigenvalue weighted by atomic mass is 10.0. The maximum Gasteiger partial charge on any atom is 0.416 e. The van der Waals surface area contributed by atoms with Gasteiger partial charge in [-0.05, 0) is 51.1 Å². The molecule has 0 saturated heterocycles. The first-order valence-corrected chi connectivity index (χ1v) is 12.7. The van der Waals surface area contributed by atoms with E-state index in [1.54, 1.807) is 53.5 Å². The van der Waals surface area contributed by atoms with E-state index < -0.39 is 11.7 Å². The van der Waals surface area contributed by atoms with Crippen LogP contribution in [-0.4, -0.2) is 54.0 Å². The predicted molar refractivity (Wildman–Crippen MR) is 155 cm³/mol. The van der Waals surface area contributed by atoms with Crippen molar-refractivity contribution in [1.82, 2.24) is 28.9 Å². The van der Waals surface area contributed by atoms with E-state index in [2.05, 4.69) is 30.6 Å². The van der Waals surface area contributed by atoms with Crippen LogP contribution in [0.4, 0.5) is 30.5 Å². The van der Waals surface area contributed by atoms with E-state index in [9.17, 15) is 18.0 Å². The van der Waals surface area contributed by atoms with Crippen molar-refractivity contribution < 1.29 is 18.0 Å². The van der Waals surface area contributed by atoms with Gasteiger partial charge in [-0.2, -0.15) is 13.2 Å². The highest BCUT2D eigenvalue weighted by molar-refractivity contribution is 6.16. The Bertz CT molecular complexity index is 1740. The summed E-state index contributed by atoms with van der Waals surface area (Å²) < 4.78 is 41.5. The maximum absolute atomic E-state index is 12.8. The van der Waals surface area contributed by atoms with Crippen LogP contribution < -0.4 is 16.4 Å². The minimum atomic E-state index is -4.36. The zero-order valence-corrected chi connectivity index (χ0v) is 23.2. The lowest BCUT2D eigenvalue weighted by molar-refractivity contribution is -0.137. The van der Waals surface area contributed by atoms with Crippen molar-refractivity contribution in [2.24, 2.45) is 0 Å². The number of carbonyl (C=O) groups excluding carboxylic acids is 1. The third-order valence-corrected chi connectivity index (χ3v) is 6.05. The Labute approximate surface area is 239 Å². The second-order valence-corrected chi connectivity index (χ2v) is 9.54. The number of halogens is 3. The van der Waals surface area contributed by atoms with Gasteiger partial charge >= 0.3 is 6.18 Å². The summed E-state index contributed by atoms with van der Waals surface area (Å²) in [5.41, 5.74) is 9.14. The molecule has 218 valence electrons. The van der Waals surface area contributed by atoms with E-state index in [4.69, 9.17) is 11.1 Å². The molecule has 42 heavy (non-hydrogen) atoms. The highest BCUT2D eigenvalue weighted by Crippen LogP contribution is 2.33. The second kappa shape index (κ2) is 12.1. The molecule has 0 aliphatic heterocycles. The molecule has 4 heterocycles. The summed E-state index contributed by atoms with van der Waals surface area (Å²) in [7, 11) is 1.58. The number of aromatic nitrogens is 6. The molecule has 0 aliphatic carbocycles. The smallest absolute Gasteiger partial charge is 0.388 e. The molecule has 0 aliphatic rings. The molecule has 5 rings (SSSR count). The molecule has 11 nitrogen and oxygen atoms in total. The molecule has 0 spiro atoms. The van der Waals surface area contributed by atoms with Gasteiger partial charge < -0.3 is 20.9 Å². The first-order valence-electron chi connectivity index (χ1n) is 12.7. The fraction of sp³-hybridized carbons (Fsp3) is 0.214. The highest BCUT2D eigenvalue weighted by atomic mass is 19.4. The number of fused-ring (bicyclic) bond motifs is 1. The van der Waals surface area contributed by atoms with Crippen LogP contribution in [0.25, 0.3) is 11.3 Å². The van der Waals surface area contributed by atoms with E-state index in [1.807, 2.05) is 13.8 Å². The van der Waals surface area contributed by atoms with E-state index in [0.717, 1.165) is 24.1 Å². The van der Waals surface area contributed by atoms with E-state index in [1.165, 1.54) is 18.9 Å². The summed E-state index contributed by atoms with van der Waals surface area (Å²) in [5.74, 6) is 0.745. The molecule has 0 radical (unpaired) electrons. The molecule has 0 saturated carbocycles. The zero-order valence-electron chi connectivity index (χ0n) is 23.2. The molecule has 5 aromatic rings. The summed E-state index contributed by atoms with van der Waals surface area (Å²) in [5, 5.41) is 14.4. The van der Waals surface area contributed by atoms with Gasteiger partial charge in [0.15, 0.2) is 6.29 Å². The number of aryl methyl sites for hydroxylation is 1. The third kappa shape index (κ3) is 6.54. The summed E-state index contributed by atoms with van der Waals surface area (Å²) in [6.07, 6.45) is 4.09. The third-order valence-electron chi connectivity index (χ3n) is 6.05. The van der Waals surface area contributed by atoms with Crippen LogP contribution in [0.2, 0.25) is 0 Å². The van der Waals surface area contributed by atoms with Crippen LogP contribution in [0.1, 0.15) is 46.7 Å². The number of nitrogens with zero attached hydrogens (tertiary/aromatic N) is 6. The molecule has 0 amide bonds. The Hall–Kier alpha value is -5.27. The van der Waals surface area contributed by atoms with Gasteiger partial charge in [0.2, 0.25) is 0 Å². The molecular formula is C28H29F3N10O. The largest absolute Gasteiger partial charge is 0.416 e. The van der Waals surface area contributed by atoms with Crippen LogP contribution in [-0.2, 0) is 6.18 Å². The summed E-state index contributed by atoms with van der Waals surface area (Å²) in [6, 6.07) is 7.40. The van der Waals surface area contributed by atoms with Crippen LogP contribution in [0.3, 0.4) is 0 Å². The van der Waals surface area contributed by atoms with Gasteiger partial charge in [-0.15, -0.1) is 0 Å². The van der Waals surface area contributed by atoms with E-state index in [0.29, 0.717) is 39.7 Å². The monoisotopic (exact) mass is 578 g/mol. The standard InChI is InChI=1S/C16H17N7O.C12H12F3N3/c1-9(2)22-16-13(15(18)20-8-21-16)14(17)10-3-4-23-11(7-24)6-19-12(23)5-10;1-8-6-18(7-17-8)11-4-9(12(13,14)15)3-10(5-11)16-2/h3-9,17H,1-2H3,(H3,18,20,21,22);3-7,16H,1-2H3. The second-order valence-electron chi connectivity index (χ2n) is 9.54. The minimum Gasteiger partial charge on any atom is -0.388 e. The SMILES string of the molecule is CC(C)Nc1ncnc(N)c1C(=N)c1ccn2c(C=O)cnc2c1.CNc1cc(-n2cnc(C)c2)cc(C(F)(F)F)c1. The average molecular weight is 579 g/mol. The fourth-order valence-electron chi connectivity index (χ4n) is 4.05. The van der Waals surface area contributed by atoms with Crippen molar-refractivity contribution in [3.8, 4) is 5.69 Å². The molecule has 0 bridgehead atoms. The van der Waals surface area contributed by atoms with Crippen LogP contribution >= 0.6 is 0 Å². The molecule has 4 aromatic heterocycles. The van der Waals surface area contributed by atoms with Crippen molar-refractivity contribution in [3.63, 3.8) is 0 Å². The Morgan fingerprint density at radius 3 is 2.50 bits per heavy atom. The fourth-order valence-corrected chi connectivity index (χ4v) is 4.05. The number of nitrogens with two attached hydrogens (primary N) is 1. The molecule has 5 N–H and O–H groups in total. The Morgan fingerprint density at radius 2 is 1.88 bits per heavy atom.